The molecule has 0 unspecified atom stereocenters. The van der Waals surface area contributed by atoms with Gasteiger partial charge >= 0.3 is 0 Å². The first-order chi connectivity index (χ1) is 15.8. The monoisotopic (exact) mass is 503 g/mol. The fourth-order valence-electron chi connectivity index (χ4n) is 3.31. The highest BCUT2D eigenvalue weighted by molar-refractivity contribution is 7.12. The van der Waals surface area contributed by atoms with Crippen molar-refractivity contribution in [1.29, 1.82) is 0 Å². The second-order valence-electron chi connectivity index (χ2n) is 7.64. The number of hydrogen-bond donors (Lipinski definition) is 1. The van der Waals surface area contributed by atoms with E-state index in [0.29, 0.717) is 22.1 Å². The quantitative estimate of drug-likeness (QED) is 0.298. The van der Waals surface area contributed by atoms with E-state index in [-0.39, 0.29) is 23.3 Å². The molecule has 9 heteroatoms. The van der Waals surface area contributed by atoms with Crippen LogP contribution in [0, 0.1) is 19.7 Å². The van der Waals surface area contributed by atoms with E-state index in [9.17, 15) is 9.18 Å². The molecule has 1 amide bonds. The largest absolute Gasteiger partial charge is 0.489 e. The van der Waals surface area contributed by atoms with Crippen LogP contribution in [0.25, 0.3) is 0 Å². The highest BCUT2D eigenvalue weighted by atomic mass is 35.5. The summed E-state index contributed by atoms with van der Waals surface area (Å²) in [7, 11) is 0. The zero-order valence-electron chi connectivity index (χ0n) is 17.9. The van der Waals surface area contributed by atoms with Gasteiger partial charge in [-0.15, -0.1) is 11.3 Å². The van der Waals surface area contributed by atoms with Crippen LogP contribution in [0.2, 0.25) is 10.0 Å². The maximum absolute atomic E-state index is 13.2. The number of halogens is 3. The molecule has 0 radical (unpaired) electrons. The number of anilines is 1. The zero-order chi connectivity index (χ0) is 23.5. The van der Waals surface area contributed by atoms with Crippen LogP contribution in [-0.2, 0) is 13.2 Å². The number of aryl methyl sites for hydroxylation is 2. The van der Waals surface area contributed by atoms with Gasteiger partial charge in [0.05, 0.1) is 11.4 Å². The van der Waals surface area contributed by atoms with Gasteiger partial charge in [-0.05, 0) is 66.2 Å². The molecule has 33 heavy (non-hydrogen) atoms. The number of carbonyl (C=O) groups is 1. The molecule has 0 saturated heterocycles. The van der Waals surface area contributed by atoms with Gasteiger partial charge < -0.3 is 10.1 Å². The highest BCUT2D eigenvalue weighted by Gasteiger charge is 2.15. The molecular weight excluding hydrogens is 484 g/mol. The van der Waals surface area contributed by atoms with Gasteiger partial charge in [0.2, 0.25) is 0 Å². The molecule has 0 aliphatic carbocycles. The summed E-state index contributed by atoms with van der Waals surface area (Å²) < 4.78 is 20.6. The van der Waals surface area contributed by atoms with Crippen molar-refractivity contribution < 1.29 is 13.9 Å². The van der Waals surface area contributed by atoms with Gasteiger partial charge in [0.15, 0.2) is 5.82 Å². The summed E-state index contributed by atoms with van der Waals surface area (Å²) in [5.74, 6) is 0.305. The molecule has 0 aliphatic rings. The van der Waals surface area contributed by atoms with Crippen molar-refractivity contribution in [2.24, 2.45) is 0 Å². The Hall–Kier alpha value is -2.87. The molecule has 0 atom stereocenters. The van der Waals surface area contributed by atoms with Gasteiger partial charge in [0.25, 0.3) is 5.91 Å². The molecule has 5 nitrogen and oxygen atoms in total. The van der Waals surface area contributed by atoms with Crippen molar-refractivity contribution >= 4 is 46.3 Å². The number of ether oxygens (including phenoxy) is 1. The van der Waals surface area contributed by atoms with Crippen molar-refractivity contribution in [3.8, 4) is 5.75 Å². The molecule has 0 saturated carbocycles. The lowest BCUT2D eigenvalue weighted by Gasteiger charge is -2.07. The van der Waals surface area contributed by atoms with E-state index < -0.39 is 5.82 Å². The highest BCUT2D eigenvalue weighted by Crippen LogP contribution is 2.25. The van der Waals surface area contributed by atoms with Gasteiger partial charge in [-0.25, -0.2) is 4.39 Å². The van der Waals surface area contributed by atoms with E-state index in [1.165, 1.54) is 28.2 Å². The normalized spacial score (nSPS) is 10.9. The smallest absolute Gasteiger partial charge is 0.266 e. The molecule has 2 aromatic carbocycles. The van der Waals surface area contributed by atoms with Crippen LogP contribution in [0.15, 0.2) is 54.0 Å². The van der Waals surface area contributed by atoms with E-state index in [2.05, 4.69) is 16.5 Å². The third-order valence-electron chi connectivity index (χ3n) is 4.77. The number of hydrogen-bond acceptors (Lipinski definition) is 4. The average Bonchev–Trinajstić information content (AvgIpc) is 3.35. The van der Waals surface area contributed by atoms with E-state index in [1.54, 1.807) is 18.3 Å². The standard InChI is InChI=1S/C24H20Cl2FN3O2S/c1-14-5-15(2)7-19(6-14)32-12-16-8-22(33-13-16)24(31)28-23-21(26)11-30(29-23)10-17-3-4-18(27)9-20(17)25/h3-9,11,13H,10,12H2,1-2H3,(H,28,29,31). The van der Waals surface area contributed by atoms with Crippen LogP contribution in [0.5, 0.6) is 5.75 Å². The van der Waals surface area contributed by atoms with Crippen LogP contribution in [0.4, 0.5) is 10.2 Å². The third kappa shape index (κ3) is 5.93. The van der Waals surface area contributed by atoms with E-state index in [1.807, 2.05) is 31.4 Å². The summed E-state index contributed by atoms with van der Waals surface area (Å²) >= 11 is 13.6. The molecule has 2 aromatic heterocycles. The van der Waals surface area contributed by atoms with Crippen LogP contribution >= 0.6 is 34.5 Å². The molecule has 170 valence electrons. The number of nitrogens with zero attached hydrogens (tertiary/aromatic N) is 2. The Bertz CT molecular complexity index is 1300. The molecular formula is C24H20Cl2FN3O2S. The van der Waals surface area contributed by atoms with Crippen LogP contribution in [-0.4, -0.2) is 15.7 Å². The van der Waals surface area contributed by atoms with Crippen LogP contribution in [0.1, 0.15) is 31.9 Å². The second-order valence-corrected chi connectivity index (χ2v) is 9.37. The first-order valence-corrected chi connectivity index (χ1v) is 11.7. The van der Waals surface area contributed by atoms with Crippen molar-refractivity contribution in [3.05, 3.63) is 97.0 Å². The molecule has 0 fully saturated rings. The fraction of sp³-hybridized carbons (Fsp3) is 0.167. The van der Waals surface area contributed by atoms with Gasteiger partial charge in [-0.1, -0.05) is 35.3 Å². The summed E-state index contributed by atoms with van der Waals surface area (Å²) in [6.07, 6.45) is 1.58. The minimum Gasteiger partial charge on any atom is -0.489 e. The predicted molar refractivity (Wildman–Crippen MR) is 130 cm³/mol. The molecule has 4 rings (SSSR count). The predicted octanol–water partition coefficient (Wildman–Crippen LogP) is 6.89. The van der Waals surface area contributed by atoms with Gasteiger partial charge in [0.1, 0.15) is 23.2 Å². The Labute approximate surface area is 204 Å². The van der Waals surface area contributed by atoms with Gasteiger partial charge in [0, 0.05) is 16.8 Å². The zero-order valence-corrected chi connectivity index (χ0v) is 20.2. The Balaban J connectivity index is 1.39. The molecule has 0 spiro atoms. The van der Waals surface area contributed by atoms with Crippen molar-refractivity contribution in [2.45, 2.75) is 27.0 Å². The van der Waals surface area contributed by atoms with Crippen LogP contribution in [0.3, 0.4) is 0 Å². The number of aromatic nitrogens is 2. The first-order valence-electron chi connectivity index (χ1n) is 10.0. The van der Waals surface area contributed by atoms with Gasteiger partial charge in [-0.3, -0.25) is 9.48 Å². The lowest BCUT2D eigenvalue weighted by atomic mass is 10.1. The fourth-order valence-corrected chi connectivity index (χ4v) is 4.53. The topological polar surface area (TPSA) is 56.1 Å². The second kappa shape index (κ2) is 9.95. The number of carbonyl (C=O) groups excluding carboxylic acids is 1. The molecule has 4 aromatic rings. The van der Waals surface area contributed by atoms with Crippen molar-refractivity contribution in [2.75, 3.05) is 5.32 Å². The minimum absolute atomic E-state index is 0.237. The van der Waals surface area contributed by atoms with Crippen LogP contribution < -0.4 is 10.1 Å². The lowest BCUT2D eigenvalue weighted by molar-refractivity contribution is 0.103. The number of rotatable bonds is 7. The van der Waals surface area contributed by atoms with E-state index >= 15 is 0 Å². The Morgan fingerprint density at radius 3 is 2.61 bits per heavy atom. The number of amides is 1. The Kier molecular flexibility index (Phi) is 7.02. The first kappa shape index (κ1) is 23.3. The average molecular weight is 504 g/mol. The molecule has 0 bridgehead atoms. The third-order valence-corrected chi connectivity index (χ3v) is 6.38. The molecule has 0 aliphatic heterocycles. The van der Waals surface area contributed by atoms with E-state index in [0.717, 1.165) is 22.4 Å². The minimum atomic E-state index is -0.412. The number of thiophene rings is 1. The maximum atomic E-state index is 13.2. The lowest BCUT2D eigenvalue weighted by Crippen LogP contribution is -2.12. The molecule has 1 N–H and O–H groups in total. The SMILES string of the molecule is Cc1cc(C)cc(OCc2csc(C(=O)Nc3nn(Cc4ccc(F)cc4Cl)cc3Cl)c2)c1. The van der Waals surface area contributed by atoms with E-state index in [4.69, 9.17) is 27.9 Å². The number of benzene rings is 2. The molecule has 2 heterocycles. The summed E-state index contributed by atoms with van der Waals surface area (Å²) in [5, 5.41) is 9.51. The summed E-state index contributed by atoms with van der Waals surface area (Å²) in [4.78, 5) is 13.2. The summed E-state index contributed by atoms with van der Waals surface area (Å²) in [6.45, 7) is 4.69. The number of nitrogens with one attached hydrogen (secondary N) is 1. The van der Waals surface area contributed by atoms with Crippen molar-refractivity contribution in [1.82, 2.24) is 9.78 Å². The summed E-state index contributed by atoms with van der Waals surface area (Å²) in [6, 6.07) is 12.0. The summed E-state index contributed by atoms with van der Waals surface area (Å²) in [5.41, 5.74) is 3.84. The van der Waals surface area contributed by atoms with Gasteiger partial charge in [-0.2, -0.15) is 5.10 Å². The Morgan fingerprint density at radius 1 is 1.12 bits per heavy atom. The maximum Gasteiger partial charge on any atom is 0.266 e. The Morgan fingerprint density at radius 2 is 1.88 bits per heavy atom. The van der Waals surface area contributed by atoms with Crippen molar-refractivity contribution in [3.63, 3.8) is 0 Å².